The van der Waals surface area contributed by atoms with E-state index in [1.54, 1.807) is 25.7 Å². The van der Waals surface area contributed by atoms with E-state index in [-0.39, 0.29) is 24.2 Å². The largest absolute Gasteiger partial charge is 0.460 e. The Balaban J connectivity index is 1.45. The fourth-order valence-electron chi connectivity index (χ4n) is 4.69. The SMILES string of the molecule is CC(=O)NC(CC(=O)OC(C)(C)C)C(=O)N1CCC(c2nccn2CCCCOCc2ccccc2)CC1. The molecule has 38 heavy (non-hydrogen) atoms. The maximum Gasteiger partial charge on any atom is 0.308 e. The quantitative estimate of drug-likeness (QED) is 0.333. The number of nitrogens with zero attached hydrogens (tertiary/aromatic N) is 3. The van der Waals surface area contributed by atoms with Crippen LogP contribution in [0.2, 0.25) is 0 Å². The number of carbonyl (C=O) groups is 3. The molecule has 1 saturated heterocycles. The average Bonchev–Trinajstić information content (AvgIpc) is 3.33. The number of hydrogen-bond acceptors (Lipinski definition) is 6. The number of carbonyl (C=O) groups excluding carboxylic acids is 3. The number of hydrogen-bond donors (Lipinski definition) is 1. The summed E-state index contributed by atoms with van der Waals surface area (Å²) in [4.78, 5) is 43.6. The van der Waals surface area contributed by atoms with Crippen molar-refractivity contribution in [1.29, 1.82) is 0 Å². The van der Waals surface area contributed by atoms with Crippen LogP contribution in [0.15, 0.2) is 42.7 Å². The molecule has 0 bridgehead atoms. The number of piperidine rings is 1. The van der Waals surface area contributed by atoms with Crippen LogP contribution in [0.4, 0.5) is 0 Å². The second-order valence-electron chi connectivity index (χ2n) is 10.9. The van der Waals surface area contributed by atoms with E-state index in [9.17, 15) is 14.4 Å². The number of nitrogens with one attached hydrogen (secondary N) is 1. The van der Waals surface area contributed by atoms with Crippen molar-refractivity contribution in [3.05, 3.63) is 54.1 Å². The monoisotopic (exact) mass is 526 g/mol. The van der Waals surface area contributed by atoms with Crippen LogP contribution in [-0.2, 0) is 37.0 Å². The van der Waals surface area contributed by atoms with Crippen molar-refractivity contribution in [2.24, 2.45) is 0 Å². The number of imidazole rings is 1. The second kappa shape index (κ2) is 14.1. The lowest BCUT2D eigenvalue weighted by molar-refractivity contribution is -0.157. The molecule has 0 aliphatic carbocycles. The number of aryl methyl sites for hydroxylation is 1. The molecule has 0 saturated carbocycles. The first-order valence-electron chi connectivity index (χ1n) is 13.5. The van der Waals surface area contributed by atoms with E-state index in [0.717, 1.165) is 44.7 Å². The molecular weight excluding hydrogens is 484 g/mol. The summed E-state index contributed by atoms with van der Waals surface area (Å²) in [6, 6.07) is 9.25. The minimum absolute atomic E-state index is 0.185. The molecule has 2 amide bonds. The molecule has 208 valence electrons. The van der Waals surface area contributed by atoms with E-state index in [1.807, 2.05) is 30.6 Å². The minimum atomic E-state index is -0.926. The van der Waals surface area contributed by atoms with Gasteiger partial charge in [0.15, 0.2) is 0 Å². The number of amides is 2. The highest BCUT2D eigenvalue weighted by atomic mass is 16.6. The third kappa shape index (κ3) is 9.59. The van der Waals surface area contributed by atoms with Crippen LogP contribution in [0.25, 0.3) is 0 Å². The Kier molecular flexibility index (Phi) is 10.9. The van der Waals surface area contributed by atoms with Gasteiger partial charge in [-0.3, -0.25) is 14.4 Å². The first kappa shape index (κ1) is 29.4. The molecule has 1 N–H and O–H groups in total. The van der Waals surface area contributed by atoms with Gasteiger partial charge in [-0.05, 0) is 52.0 Å². The molecule has 9 nitrogen and oxygen atoms in total. The first-order chi connectivity index (χ1) is 18.1. The van der Waals surface area contributed by atoms with E-state index < -0.39 is 17.6 Å². The van der Waals surface area contributed by atoms with E-state index in [4.69, 9.17) is 9.47 Å². The molecule has 1 aliphatic rings. The zero-order valence-electron chi connectivity index (χ0n) is 23.2. The Labute approximate surface area is 225 Å². The summed E-state index contributed by atoms with van der Waals surface area (Å²) >= 11 is 0. The number of benzene rings is 1. The van der Waals surface area contributed by atoms with Gasteiger partial charge in [0.1, 0.15) is 17.5 Å². The van der Waals surface area contributed by atoms with Crippen molar-refractivity contribution in [2.45, 2.75) is 90.5 Å². The summed E-state index contributed by atoms with van der Waals surface area (Å²) in [6.07, 6.45) is 7.20. The molecule has 0 spiro atoms. The van der Waals surface area contributed by atoms with Crippen molar-refractivity contribution >= 4 is 17.8 Å². The fourth-order valence-corrected chi connectivity index (χ4v) is 4.69. The van der Waals surface area contributed by atoms with Crippen LogP contribution in [0.5, 0.6) is 0 Å². The van der Waals surface area contributed by atoms with Crippen molar-refractivity contribution in [3.63, 3.8) is 0 Å². The van der Waals surface area contributed by atoms with E-state index >= 15 is 0 Å². The molecule has 1 fully saturated rings. The van der Waals surface area contributed by atoms with Gasteiger partial charge in [0.25, 0.3) is 0 Å². The third-order valence-corrected chi connectivity index (χ3v) is 6.44. The van der Waals surface area contributed by atoms with Crippen LogP contribution in [0.3, 0.4) is 0 Å². The van der Waals surface area contributed by atoms with Crippen molar-refractivity contribution in [2.75, 3.05) is 19.7 Å². The second-order valence-corrected chi connectivity index (χ2v) is 10.9. The highest BCUT2D eigenvalue weighted by Gasteiger charge is 2.33. The highest BCUT2D eigenvalue weighted by Crippen LogP contribution is 2.28. The van der Waals surface area contributed by atoms with Gasteiger partial charge < -0.3 is 24.3 Å². The summed E-state index contributed by atoms with van der Waals surface area (Å²) in [5, 5.41) is 2.63. The van der Waals surface area contributed by atoms with Crippen LogP contribution in [-0.4, -0.2) is 63.6 Å². The van der Waals surface area contributed by atoms with Crippen LogP contribution in [0.1, 0.15) is 77.1 Å². The van der Waals surface area contributed by atoms with Crippen molar-refractivity contribution in [3.8, 4) is 0 Å². The predicted molar refractivity (Wildman–Crippen MR) is 144 cm³/mol. The summed E-state index contributed by atoms with van der Waals surface area (Å²) < 4.78 is 13.4. The number of likely N-dealkylation sites (tertiary alicyclic amines) is 1. The molecule has 1 aromatic heterocycles. The number of unbranched alkanes of at least 4 members (excludes halogenated alkanes) is 1. The van der Waals surface area contributed by atoms with Crippen molar-refractivity contribution in [1.82, 2.24) is 19.8 Å². The maximum absolute atomic E-state index is 13.2. The molecule has 9 heteroatoms. The zero-order chi connectivity index (χ0) is 27.5. The predicted octanol–water partition coefficient (Wildman–Crippen LogP) is 3.82. The van der Waals surface area contributed by atoms with Gasteiger partial charge in [0.2, 0.25) is 11.8 Å². The van der Waals surface area contributed by atoms with Gasteiger partial charge in [-0.15, -0.1) is 0 Å². The van der Waals surface area contributed by atoms with Crippen LogP contribution < -0.4 is 5.32 Å². The molecule has 1 aliphatic heterocycles. The molecule has 1 unspecified atom stereocenters. The summed E-state index contributed by atoms with van der Waals surface area (Å²) in [6.45, 7) is 9.99. The summed E-state index contributed by atoms with van der Waals surface area (Å²) in [5.74, 6) is 0.201. The average molecular weight is 527 g/mol. The Morgan fingerprint density at radius 1 is 1.11 bits per heavy atom. The number of rotatable bonds is 12. The number of esters is 1. The van der Waals surface area contributed by atoms with E-state index in [1.165, 1.54) is 12.5 Å². The molecule has 0 radical (unpaired) electrons. The van der Waals surface area contributed by atoms with Crippen LogP contribution in [0, 0.1) is 0 Å². The lowest BCUT2D eigenvalue weighted by Crippen LogP contribution is -2.51. The van der Waals surface area contributed by atoms with E-state index in [0.29, 0.717) is 19.7 Å². The molecule has 3 rings (SSSR count). The number of aromatic nitrogens is 2. The van der Waals surface area contributed by atoms with Gasteiger partial charge in [-0.25, -0.2) is 4.98 Å². The zero-order valence-corrected chi connectivity index (χ0v) is 23.2. The molecule has 2 aromatic rings. The normalized spacial score (nSPS) is 15.2. The lowest BCUT2D eigenvalue weighted by Gasteiger charge is -2.34. The Bertz CT molecular complexity index is 1040. The van der Waals surface area contributed by atoms with Crippen molar-refractivity contribution < 1.29 is 23.9 Å². The smallest absolute Gasteiger partial charge is 0.308 e. The molecule has 2 heterocycles. The Morgan fingerprint density at radius 2 is 1.82 bits per heavy atom. The van der Waals surface area contributed by atoms with E-state index in [2.05, 4.69) is 27.0 Å². The maximum atomic E-state index is 13.2. The topological polar surface area (TPSA) is 103 Å². The number of ether oxygens (including phenoxy) is 2. The van der Waals surface area contributed by atoms with Gasteiger partial charge >= 0.3 is 5.97 Å². The fraction of sp³-hybridized carbons (Fsp3) is 0.586. The van der Waals surface area contributed by atoms with Gasteiger partial charge in [-0.2, -0.15) is 0 Å². The molecule has 1 aromatic carbocycles. The lowest BCUT2D eigenvalue weighted by atomic mass is 9.95. The third-order valence-electron chi connectivity index (χ3n) is 6.44. The van der Waals surface area contributed by atoms with Crippen LogP contribution >= 0.6 is 0 Å². The van der Waals surface area contributed by atoms with Gasteiger partial charge in [-0.1, -0.05) is 30.3 Å². The Morgan fingerprint density at radius 3 is 2.47 bits per heavy atom. The minimum Gasteiger partial charge on any atom is -0.460 e. The standard InChI is InChI=1S/C29H42N4O5/c1-22(34)31-25(20-26(35)38-29(2,3)4)28(36)33-16-12-24(13-17-33)27-30-14-18-32(27)15-8-9-19-37-21-23-10-6-5-7-11-23/h5-7,10-11,14,18,24-25H,8-9,12-13,15-17,19-21H2,1-4H3,(H,31,34). The summed E-state index contributed by atoms with van der Waals surface area (Å²) in [5.41, 5.74) is 0.526. The highest BCUT2D eigenvalue weighted by molar-refractivity contribution is 5.90. The van der Waals surface area contributed by atoms with Gasteiger partial charge in [0, 0.05) is 51.5 Å². The molecular formula is C29H42N4O5. The summed E-state index contributed by atoms with van der Waals surface area (Å²) in [7, 11) is 0. The Hall–Kier alpha value is -3.20. The molecule has 1 atom stereocenters. The first-order valence-corrected chi connectivity index (χ1v) is 13.5. The van der Waals surface area contributed by atoms with Gasteiger partial charge in [0.05, 0.1) is 13.0 Å².